The van der Waals surface area contributed by atoms with Gasteiger partial charge in [-0.15, -0.1) is 0 Å². The zero-order valence-electron chi connectivity index (χ0n) is 12.8. The Kier molecular flexibility index (Phi) is 4.00. The number of benzene rings is 2. The summed E-state index contributed by atoms with van der Waals surface area (Å²) in [5, 5.41) is 2.95. The van der Waals surface area contributed by atoms with Gasteiger partial charge in [-0.2, -0.15) is 0 Å². The molecule has 1 aliphatic heterocycles. The van der Waals surface area contributed by atoms with Crippen LogP contribution in [0.3, 0.4) is 0 Å². The summed E-state index contributed by atoms with van der Waals surface area (Å²) in [6.45, 7) is 2.83. The van der Waals surface area contributed by atoms with E-state index in [-0.39, 0.29) is 6.03 Å². The number of carbonyl (C=O) groups is 1. The Morgan fingerprint density at radius 1 is 1.14 bits per heavy atom. The van der Waals surface area contributed by atoms with Gasteiger partial charge in [0.1, 0.15) is 0 Å². The number of nitrogens with two attached hydrogens (primary N) is 1. The molecule has 1 heterocycles. The molecule has 4 nitrogen and oxygen atoms in total. The lowest BCUT2D eigenvalue weighted by Crippen LogP contribution is -2.35. The van der Waals surface area contributed by atoms with Crippen LogP contribution in [0.15, 0.2) is 42.5 Å². The Balaban J connectivity index is 1.84. The lowest BCUT2D eigenvalue weighted by atomic mass is 10.1. The highest BCUT2D eigenvalue weighted by Gasteiger charge is 2.21. The second kappa shape index (κ2) is 6.10. The molecule has 0 saturated heterocycles. The van der Waals surface area contributed by atoms with Crippen molar-refractivity contribution in [1.29, 1.82) is 0 Å². The van der Waals surface area contributed by atoms with Gasteiger partial charge in [0.15, 0.2) is 0 Å². The fourth-order valence-electron chi connectivity index (χ4n) is 2.85. The highest BCUT2D eigenvalue weighted by atomic mass is 16.2. The number of aryl methyl sites for hydroxylation is 2. The van der Waals surface area contributed by atoms with Crippen LogP contribution in [-0.4, -0.2) is 12.6 Å². The number of urea groups is 1. The Bertz CT molecular complexity index is 679. The Hall–Kier alpha value is -2.49. The van der Waals surface area contributed by atoms with Crippen LogP contribution in [0.4, 0.5) is 21.9 Å². The van der Waals surface area contributed by atoms with Gasteiger partial charge in [-0.3, -0.25) is 4.90 Å². The van der Waals surface area contributed by atoms with Crippen LogP contribution in [0.5, 0.6) is 0 Å². The minimum absolute atomic E-state index is 0.0863. The summed E-state index contributed by atoms with van der Waals surface area (Å²) in [6.07, 6.45) is 3.16. The van der Waals surface area contributed by atoms with E-state index in [1.807, 2.05) is 17.0 Å². The summed E-state index contributed by atoms with van der Waals surface area (Å²) in [5.41, 5.74) is 10.6. The van der Waals surface area contributed by atoms with Crippen molar-refractivity contribution in [3.8, 4) is 0 Å². The molecule has 2 aromatic rings. The number of amides is 2. The topological polar surface area (TPSA) is 58.4 Å². The molecule has 0 bridgehead atoms. The fourth-order valence-corrected chi connectivity index (χ4v) is 2.85. The van der Waals surface area contributed by atoms with Gasteiger partial charge >= 0.3 is 6.03 Å². The average molecular weight is 295 g/mol. The lowest BCUT2D eigenvalue weighted by molar-refractivity contribution is 0.257. The van der Waals surface area contributed by atoms with E-state index in [4.69, 9.17) is 5.73 Å². The molecule has 1 aliphatic rings. The first kappa shape index (κ1) is 14.4. The van der Waals surface area contributed by atoms with Gasteiger partial charge in [0, 0.05) is 23.6 Å². The third kappa shape index (κ3) is 3.06. The molecular formula is C18H21N3O. The largest absolute Gasteiger partial charge is 0.399 e. The third-order valence-electron chi connectivity index (χ3n) is 4.01. The van der Waals surface area contributed by atoms with E-state index in [2.05, 4.69) is 30.4 Å². The SMILES string of the molecule is Cc1ccc2c(c1)CCCCN2C(=O)Nc1ccc(N)cc1. The van der Waals surface area contributed by atoms with E-state index >= 15 is 0 Å². The van der Waals surface area contributed by atoms with Crippen molar-refractivity contribution in [3.63, 3.8) is 0 Å². The van der Waals surface area contributed by atoms with E-state index in [0.29, 0.717) is 5.69 Å². The number of rotatable bonds is 1. The summed E-state index contributed by atoms with van der Waals surface area (Å²) >= 11 is 0. The van der Waals surface area contributed by atoms with Gasteiger partial charge in [-0.1, -0.05) is 17.7 Å². The van der Waals surface area contributed by atoms with Crippen molar-refractivity contribution in [3.05, 3.63) is 53.6 Å². The first-order valence-corrected chi connectivity index (χ1v) is 7.67. The van der Waals surface area contributed by atoms with Gasteiger partial charge in [-0.05, 0) is 62.1 Å². The number of hydrogen-bond donors (Lipinski definition) is 2. The van der Waals surface area contributed by atoms with E-state index in [9.17, 15) is 4.79 Å². The summed E-state index contributed by atoms with van der Waals surface area (Å²) in [4.78, 5) is 14.5. The molecule has 4 heteroatoms. The van der Waals surface area contributed by atoms with Crippen molar-refractivity contribution in [2.75, 3.05) is 22.5 Å². The second-order valence-corrected chi connectivity index (χ2v) is 5.79. The fraction of sp³-hybridized carbons (Fsp3) is 0.278. The van der Waals surface area contributed by atoms with Crippen LogP contribution in [0.25, 0.3) is 0 Å². The highest BCUT2D eigenvalue weighted by molar-refractivity contribution is 6.02. The number of nitrogen functional groups attached to an aromatic ring is 1. The number of carbonyl (C=O) groups excluding carboxylic acids is 1. The monoisotopic (exact) mass is 295 g/mol. The molecule has 114 valence electrons. The summed E-state index contributed by atoms with van der Waals surface area (Å²) in [6, 6.07) is 13.4. The van der Waals surface area contributed by atoms with Gasteiger partial charge in [0.2, 0.25) is 0 Å². The highest BCUT2D eigenvalue weighted by Crippen LogP contribution is 2.28. The zero-order chi connectivity index (χ0) is 15.5. The maximum absolute atomic E-state index is 12.6. The van der Waals surface area contributed by atoms with Crippen molar-refractivity contribution in [1.82, 2.24) is 0 Å². The van der Waals surface area contributed by atoms with Gasteiger partial charge in [0.05, 0.1) is 0 Å². The second-order valence-electron chi connectivity index (χ2n) is 5.79. The van der Waals surface area contributed by atoms with Crippen molar-refractivity contribution in [2.24, 2.45) is 0 Å². The average Bonchev–Trinajstić information content (AvgIpc) is 2.71. The van der Waals surface area contributed by atoms with E-state index < -0.39 is 0 Å². The van der Waals surface area contributed by atoms with E-state index in [1.54, 1.807) is 12.1 Å². The molecule has 0 unspecified atom stereocenters. The number of anilines is 3. The zero-order valence-corrected chi connectivity index (χ0v) is 12.8. The molecule has 0 radical (unpaired) electrons. The molecule has 3 rings (SSSR count). The molecule has 0 aliphatic carbocycles. The van der Waals surface area contributed by atoms with Crippen LogP contribution in [0.2, 0.25) is 0 Å². The van der Waals surface area contributed by atoms with Crippen LogP contribution >= 0.6 is 0 Å². The van der Waals surface area contributed by atoms with Crippen molar-refractivity contribution < 1.29 is 4.79 Å². The maximum atomic E-state index is 12.6. The van der Waals surface area contributed by atoms with Crippen LogP contribution in [0, 0.1) is 6.92 Å². The predicted molar refractivity (Wildman–Crippen MR) is 91.3 cm³/mol. The maximum Gasteiger partial charge on any atom is 0.326 e. The number of nitrogens with zero attached hydrogens (tertiary/aromatic N) is 1. The summed E-state index contributed by atoms with van der Waals surface area (Å²) < 4.78 is 0. The summed E-state index contributed by atoms with van der Waals surface area (Å²) in [5.74, 6) is 0. The minimum atomic E-state index is -0.0863. The normalized spacial score (nSPS) is 14.1. The molecule has 0 atom stereocenters. The molecule has 0 spiro atoms. The van der Waals surface area contributed by atoms with Crippen molar-refractivity contribution >= 4 is 23.1 Å². The van der Waals surface area contributed by atoms with Crippen LogP contribution in [0.1, 0.15) is 24.0 Å². The number of nitrogens with one attached hydrogen (secondary N) is 1. The predicted octanol–water partition coefficient (Wildman–Crippen LogP) is 3.95. The van der Waals surface area contributed by atoms with Crippen LogP contribution < -0.4 is 16.0 Å². The molecule has 3 N–H and O–H groups in total. The molecule has 2 amide bonds. The van der Waals surface area contributed by atoms with Gasteiger partial charge in [-0.25, -0.2) is 4.79 Å². The Labute approximate surface area is 130 Å². The van der Waals surface area contributed by atoms with E-state index in [1.165, 1.54) is 11.1 Å². The quantitative estimate of drug-likeness (QED) is 0.783. The number of hydrogen-bond acceptors (Lipinski definition) is 2. The van der Waals surface area contributed by atoms with Crippen molar-refractivity contribution in [2.45, 2.75) is 26.2 Å². The minimum Gasteiger partial charge on any atom is -0.399 e. The molecule has 0 fully saturated rings. The smallest absolute Gasteiger partial charge is 0.326 e. The first-order chi connectivity index (χ1) is 10.6. The van der Waals surface area contributed by atoms with Crippen LogP contribution in [-0.2, 0) is 6.42 Å². The molecule has 0 saturated carbocycles. The standard InChI is InChI=1S/C18H21N3O/c1-13-5-10-17-14(12-13)4-2-3-11-21(17)18(22)20-16-8-6-15(19)7-9-16/h5-10,12H,2-4,11,19H2,1H3,(H,20,22). The third-order valence-corrected chi connectivity index (χ3v) is 4.01. The Morgan fingerprint density at radius 2 is 1.91 bits per heavy atom. The first-order valence-electron chi connectivity index (χ1n) is 7.67. The molecule has 2 aromatic carbocycles. The molecular weight excluding hydrogens is 274 g/mol. The summed E-state index contributed by atoms with van der Waals surface area (Å²) in [7, 11) is 0. The van der Waals surface area contributed by atoms with E-state index in [0.717, 1.165) is 37.2 Å². The molecule has 22 heavy (non-hydrogen) atoms. The van der Waals surface area contributed by atoms with Gasteiger partial charge in [0.25, 0.3) is 0 Å². The van der Waals surface area contributed by atoms with Gasteiger partial charge < -0.3 is 11.1 Å². The Morgan fingerprint density at radius 3 is 2.68 bits per heavy atom. The number of fused-ring (bicyclic) bond motifs is 1. The molecule has 0 aromatic heterocycles. The lowest BCUT2D eigenvalue weighted by Gasteiger charge is -2.23.